The molecule has 0 saturated carbocycles. The molecule has 0 aliphatic carbocycles. The Morgan fingerprint density at radius 1 is 1.00 bits per heavy atom. The quantitative estimate of drug-likeness (QED) is 0.199. The summed E-state index contributed by atoms with van der Waals surface area (Å²) >= 11 is 7.76. The zero-order chi connectivity index (χ0) is 29.8. The Balaban J connectivity index is 1.54. The van der Waals surface area contributed by atoms with Crippen molar-refractivity contribution in [1.29, 1.82) is 0 Å². The SMILES string of the molecule is Cc1cc2nc(-c3ccnc(-c4cc(C)c5[nH]ncc5c4)c3)sc2c(-c2ccc(Cl)cc2)c1C(OC(C)(C)C)C(=O)O. The Morgan fingerprint density at radius 3 is 2.48 bits per heavy atom. The van der Waals surface area contributed by atoms with Gasteiger partial charge in [-0.1, -0.05) is 23.7 Å². The van der Waals surface area contributed by atoms with E-state index >= 15 is 0 Å². The molecular weight excluding hydrogens is 568 g/mol. The van der Waals surface area contributed by atoms with Crippen LogP contribution in [0.5, 0.6) is 0 Å². The molecule has 0 saturated heterocycles. The van der Waals surface area contributed by atoms with Gasteiger partial charge in [0.05, 0.1) is 33.2 Å². The van der Waals surface area contributed by atoms with Crippen molar-refractivity contribution in [1.82, 2.24) is 20.2 Å². The van der Waals surface area contributed by atoms with Crippen LogP contribution in [0.2, 0.25) is 5.02 Å². The van der Waals surface area contributed by atoms with Crippen molar-refractivity contribution in [2.75, 3.05) is 0 Å². The highest BCUT2D eigenvalue weighted by molar-refractivity contribution is 7.22. The summed E-state index contributed by atoms with van der Waals surface area (Å²) in [5.41, 5.74) is 8.01. The number of carboxylic acid groups (broad SMARTS) is 1. The largest absolute Gasteiger partial charge is 0.479 e. The summed E-state index contributed by atoms with van der Waals surface area (Å²) < 4.78 is 7.02. The van der Waals surface area contributed by atoms with Gasteiger partial charge in [0, 0.05) is 38.9 Å². The van der Waals surface area contributed by atoms with Crippen LogP contribution in [0.25, 0.3) is 54.1 Å². The van der Waals surface area contributed by atoms with E-state index in [1.54, 1.807) is 6.20 Å². The molecule has 2 N–H and O–H groups in total. The fourth-order valence-corrected chi connectivity index (χ4v) is 6.51. The zero-order valence-corrected chi connectivity index (χ0v) is 25.4. The number of aliphatic carboxylic acids is 1. The number of carbonyl (C=O) groups is 1. The van der Waals surface area contributed by atoms with E-state index in [2.05, 4.69) is 27.3 Å². The van der Waals surface area contributed by atoms with Crippen molar-refractivity contribution >= 4 is 50.0 Å². The number of aromatic amines is 1. The summed E-state index contributed by atoms with van der Waals surface area (Å²) in [5.74, 6) is -1.05. The van der Waals surface area contributed by atoms with E-state index in [1.807, 2.05) is 83.3 Å². The van der Waals surface area contributed by atoms with Gasteiger partial charge >= 0.3 is 5.97 Å². The minimum absolute atomic E-state index is 0.600. The maximum absolute atomic E-state index is 12.6. The first-order valence-electron chi connectivity index (χ1n) is 13.5. The normalized spacial score (nSPS) is 12.7. The third-order valence-electron chi connectivity index (χ3n) is 7.07. The van der Waals surface area contributed by atoms with Crippen molar-refractivity contribution in [3.63, 3.8) is 0 Å². The third-order valence-corrected chi connectivity index (χ3v) is 8.46. The van der Waals surface area contributed by atoms with Crippen LogP contribution in [0.3, 0.4) is 0 Å². The first-order chi connectivity index (χ1) is 20.0. The van der Waals surface area contributed by atoms with E-state index in [-0.39, 0.29) is 0 Å². The summed E-state index contributed by atoms with van der Waals surface area (Å²) in [4.78, 5) is 22.3. The fraction of sp³-hybridized carbons (Fsp3) is 0.212. The predicted octanol–water partition coefficient (Wildman–Crippen LogP) is 8.78. The van der Waals surface area contributed by atoms with Crippen LogP contribution in [0.1, 0.15) is 43.6 Å². The van der Waals surface area contributed by atoms with Crippen molar-refractivity contribution in [3.8, 4) is 33.0 Å². The molecule has 3 heterocycles. The molecule has 9 heteroatoms. The van der Waals surface area contributed by atoms with E-state index in [9.17, 15) is 9.90 Å². The average Bonchev–Trinajstić information content (AvgIpc) is 3.59. The number of aromatic nitrogens is 4. The number of carboxylic acids is 1. The number of H-pyrrole nitrogens is 1. The van der Waals surface area contributed by atoms with E-state index in [1.165, 1.54) is 11.3 Å². The molecule has 212 valence electrons. The number of pyridine rings is 1. The van der Waals surface area contributed by atoms with Crippen LogP contribution in [0, 0.1) is 13.8 Å². The minimum atomic E-state index is -1.17. The molecule has 6 rings (SSSR count). The van der Waals surface area contributed by atoms with Gasteiger partial charge in [0.1, 0.15) is 5.01 Å². The topological polar surface area (TPSA) is 101 Å². The number of nitrogens with one attached hydrogen (secondary N) is 1. The Labute approximate surface area is 252 Å². The second-order valence-electron chi connectivity index (χ2n) is 11.4. The van der Waals surface area contributed by atoms with Gasteiger partial charge in [0.15, 0.2) is 6.10 Å². The summed E-state index contributed by atoms with van der Waals surface area (Å²) in [6, 6.07) is 17.6. The van der Waals surface area contributed by atoms with E-state index in [4.69, 9.17) is 21.3 Å². The van der Waals surface area contributed by atoms with Crippen LogP contribution in [-0.2, 0) is 9.53 Å². The number of aryl methyl sites for hydroxylation is 2. The predicted molar refractivity (Wildman–Crippen MR) is 169 cm³/mol. The fourth-order valence-electron chi connectivity index (χ4n) is 5.27. The lowest BCUT2D eigenvalue weighted by Crippen LogP contribution is -2.28. The molecule has 3 aromatic carbocycles. The molecule has 0 fully saturated rings. The van der Waals surface area contributed by atoms with Crippen molar-refractivity contribution in [2.24, 2.45) is 0 Å². The molecule has 0 spiro atoms. The molecular formula is C33H29ClN4O3S. The molecule has 42 heavy (non-hydrogen) atoms. The molecule has 1 atom stereocenters. The molecule has 0 aliphatic heterocycles. The highest BCUT2D eigenvalue weighted by Crippen LogP contribution is 2.44. The van der Waals surface area contributed by atoms with Gasteiger partial charge in [-0.25, -0.2) is 9.78 Å². The molecule has 0 radical (unpaired) electrons. The Hall–Kier alpha value is -4.11. The first kappa shape index (κ1) is 28.0. The Kier molecular flexibility index (Phi) is 7.09. The van der Waals surface area contributed by atoms with E-state index < -0.39 is 17.7 Å². The van der Waals surface area contributed by atoms with Crippen LogP contribution < -0.4 is 0 Å². The number of hydrogen-bond donors (Lipinski definition) is 2. The molecule has 3 aromatic heterocycles. The smallest absolute Gasteiger partial charge is 0.337 e. The zero-order valence-electron chi connectivity index (χ0n) is 23.8. The number of hydrogen-bond acceptors (Lipinski definition) is 6. The molecule has 0 bridgehead atoms. The van der Waals surface area contributed by atoms with Gasteiger partial charge in [0.2, 0.25) is 0 Å². The van der Waals surface area contributed by atoms with Crippen LogP contribution >= 0.6 is 22.9 Å². The first-order valence-corrected chi connectivity index (χ1v) is 14.7. The lowest BCUT2D eigenvalue weighted by atomic mass is 9.91. The molecule has 0 amide bonds. The van der Waals surface area contributed by atoms with E-state index in [0.717, 1.165) is 65.2 Å². The van der Waals surface area contributed by atoms with Gasteiger partial charge in [-0.3, -0.25) is 10.1 Å². The van der Waals surface area contributed by atoms with Crippen LogP contribution in [-0.4, -0.2) is 36.8 Å². The number of thiazole rings is 1. The second kappa shape index (κ2) is 10.6. The van der Waals surface area contributed by atoms with Crippen molar-refractivity contribution < 1.29 is 14.6 Å². The van der Waals surface area contributed by atoms with Crippen molar-refractivity contribution in [2.45, 2.75) is 46.3 Å². The number of fused-ring (bicyclic) bond motifs is 2. The number of benzene rings is 3. The van der Waals surface area contributed by atoms with Gasteiger partial charge in [-0.2, -0.15) is 5.10 Å². The monoisotopic (exact) mass is 596 g/mol. The number of nitrogens with zero attached hydrogens (tertiary/aromatic N) is 3. The molecule has 6 aromatic rings. The van der Waals surface area contributed by atoms with Crippen molar-refractivity contribution in [3.05, 3.63) is 88.7 Å². The summed E-state index contributed by atoms with van der Waals surface area (Å²) in [6.45, 7) is 9.53. The average molecular weight is 597 g/mol. The minimum Gasteiger partial charge on any atom is -0.479 e. The van der Waals surface area contributed by atoms with Crippen LogP contribution in [0.15, 0.2) is 67.0 Å². The molecule has 1 unspecified atom stereocenters. The summed E-state index contributed by atoms with van der Waals surface area (Å²) in [6.07, 6.45) is 2.44. The van der Waals surface area contributed by atoms with Gasteiger partial charge in [-0.15, -0.1) is 11.3 Å². The lowest BCUT2D eigenvalue weighted by molar-refractivity contribution is -0.160. The third kappa shape index (κ3) is 5.29. The lowest BCUT2D eigenvalue weighted by Gasteiger charge is -2.28. The maximum Gasteiger partial charge on any atom is 0.337 e. The summed E-state index contributed by atoms with van der Waals surface area (Å²) in [7, 11) is 0. The van der Waals surface area contributed by atoms with Gasteiger partial charge in [-0.05, 0) is 93.8 Å². The van der Waals surface area contributed by atoms with Gasteiger partial charge in [0.25, 0.3) is 0 Å². The number of rotatable bonds is 6. The highest BCUT2D eigenvalue weighted by Gasteiger charge is 2.32. The van der Waals surface area contributed by atoms with Gasteiger partial charge < -0.3 is 9.84 Å². The maximum atomic E-state index is 12.6. The molecule has 7 nitrogen and oxygen atoms in total. The summed E-state index contributed by atoms with van der Waals surface area (Å²) in [5, 5.41) is 20.0. The number of halogens is 1. The number of ether oxygens (including phenoxy) is 1. The Bertz CT molecular complexity index is 1970. The molecule has 0 aliphatic rings. The second-order valence-corrected chi connectivity index (χ2v) is 12.8. The highest BCUT2D eigenvalue weighted by atomic mass is 35.5. The van der Waals surface area contributed by atoms with E-state index in [0.29, 0.717) is 10.6 Å². The van der Waals surface area contributed by atoms with Crippen LogP contribution in [0.4, 0.5) is 0 Å². The standard InChI is InChI=1S/C33H29ClN4O3S/c1-17-13-25-30(27(19-6-8-23(34)9-7-19)26(17)29(32(39)40)41-33(3,4)5)42-31(37-25)20-10-11-35-24(15-20)21-12-18(2)28-22(14-21)16-36-38-28/h6-16,29H,1-5H3,(H,36,38)(H,39,40). The Morgan fingerprint density at radius 2 is 1.76 bits per heavy atom.